The molecule has 22 heavy (non-hydrogen) atoms. The van der Waals surface area contributed by atoms with E-state index in [4.69, 9.17) is 0 Å². The molecule has 1 aliphatic heterocycles. The zero-order valence-corrected chi connectivity index (χ0v) is 13.2. The van der Waals surface area contributed by atoms with Crippen molar-refractivity contribution >= 4 is 17.7 Å². The zero-order valence-electron chi connectivity index (χ0n) is 12.4. The number of hydrogen-bond donors (Lipinski definition) is 1. The van der Waals surface area contributed by atoms with Gasteiger partial charge in [0.2, 0.25) is 0 Å². The average molecular weight is 314 g/mol. The van der Waals surface area contributed by atoms with E-state index in [1.807, 2.05) is 17.8 Å². The van der Waals surface area contributed by atoms with Crippen LogP contribution in [0.15, 0.2) is 47.4 Å². The van der Waals surface area contributed by atoms with Crippen molar-refractivity contribution in [3.63, 3.8) is 0 Å². The molecule has 0 saturated heterocycles. The number of fused-ring (bicyclic) bond motifs is 1. The topological polar surface area (TPSA) is 51.1 Å². The first kappa shape index (κ1) is 14.9. The fraction of sp³-hybridized carbons (Fsp3) is 0.294. The molecule has 0 fully saturated rings. The Balaban J connectivity index is 1.69. The third-order valence-electron chi connectivity index (χ3n) is 3.91. The van der Waals surface area contributed by atoms with Crippen molar-refractivity contribution in [2.75, 3.05) is 12.3 Å². The summed E-state index contributed by atoms with van der Waals surface area (Å²) in [6.07, 6.45) is 2.70. The molecule has 2 heterocycles. The molecule has 5 heteroatoms. The summed E-state index contributed by atoms with van der Waals surface area (Å²) in [5, 5.41) is 3.23. The van der Waals surface area contributed by atoms with E-state index < -0.39 is 0 Å². The molecule has 0 aliphatic carbocycles. The minimum atomic E-state index is -0.193. The first-order chi connectivity index (χ1) is 10.6. The van der Waals surface area contributed by atoms with E-state index in [0.29, 0.717) is 12.1 Å². The van der Waals surface area contributed by atoms with E-state index in [-0.39, 0.29) is 16.7 Å². The van der Waals surface area contributed by atoms with Crippen LogP contribution in [0.2, 0.25) is 0 Å². The summed E-state index contributed by atoms with van der Waals surface area (Å²) in [5.41, 5.74) is 2.92. The van der Waals surface area contributed by atoms with Gasteiger partial charge in [0.15, 0.2) is 0 Å². The molecule has 1 amide bonds. The van der Waals surface area contributed by atoms with Crippen LogP contribution in [0.3, 0.4) is 0 Å². The second-order valence-corrected chi connectivity index (χ2v) is 6.69. The molecule has 2 aromatic rings. The van der Waals surface area contributed by atoms with Gasteiger partial charge in [-0.15, -0.1) is 0 Å². The van der Waals surface area contributed by atoms with Crippen LogP contribution in [0.5, 0.6) is 0 Å². The van der Waals surface area contributed by atoms with Gasteiger partial charge in [0.05, 0.1) is 0 Å². The number of pyridine rings is 1. The average Bonchev–Trinajstić information content (AvgIpc) is 2.55. The summed E-state index contributed by atoms with van der Waals surface area (Å²) in [7, 11) is 1.67. The van der Waals surface area contributed by atoms with E-state index in [0.717, 1.165) is 12.2 Å². The molecule has 0 radical (unpaired) electrons. The summed E-state index contributed by atoms with van der Waals surface area (Å²) in [6.45, 7) is 0.579. The van der Waals surface area contributed by atoms with E-state index in [1.54, 1.807) is 19.3 Å². The number of aryl methyl sites for hydroxylation is 2. The molecule has 1 atom stereocenters. The van der Waals surface area contributed by atoms with Gasteiger partial charge < -0.3 is 9.88 Å². The standard InChI is InChI=1S/C17H18N2O2S/c1-19-8-6-13(10-16(19)20)17(21)18-11-15-14-5-3-2-4-12(14)7-9-22-15/h2-6,8,10,15H,7,9,11H2,1H3,(H,18,21)/t15-/m1/s1. The van der Waals surface area contributed by atoms with E-state index in [1.165, 1.54) is 21.8 Å². The Morgan fingerprint density at radius 3 is 3.00 bits per heavy atom. The highest BCUT2D eigenvalue weighted by molar-refractivity contribution is 7.99. The van der Waals surface area contributed by atoms with Crippen molar-refractivity contribution in [3.05, 3.63) is 69.6 Å². The molecule has 1 aliphatic rings. The highest BCUT2D eigenvalue weighted by Crippen LogP contribution is 2.35. The molecule has 114 valence electrons. The Bertz CT molecular complexity index is 754. The van der Waals surface area contributed by atoms with Crippen molar-refractivity contribution in [1.29, 1.82) is 0 Å². The van der Waals surface area contributed by atoms with Gasteiger partial charge in [0.25, 0.3) is 11.5 Å². The van der Waals surface area contributed by atoms with E-state index >= 15 is 0 Å². The van der Waals surface area contributed by atoms with E-state index in [2.05, 4.69) is 23.5 Å². The van der Waals surface area contributed by atoms with Gasteiger partial charge in [-0.05, 0) is 29.4 Å². The maximum absolute atomic E-state index is 12.2. The Morgan fingerprint density at radius 1 is 1.36 bits per heavy atom. The number of aromatic nitrogens is 1. The lowest BCUT2D eigenvalue weighted by Crippen LogP contribution is -2.30. The van der Waals surface area contributed by atoms with Crippen LogP contribution in [0.4, 0.5) is 0 Å². The molecule has 1 aromatic heterocycles. The zero-order chi connectivity index (χ0) is 15.5. The second kappa shape index (κ2) is 6.40. The monoisotopic (exact) mass is 314 g/mol. The highest BCUT2D eigenvalue weighted by Gasteiger charge is 2.21. The van der Waals surface area contributed by atoms with Crippen molar-refractivity contribution in [1.82, 2.24) is 9.88 Å². The number of nitrogens with zero attached hydrogens (tertiary/aromatic N) is 1. The summed E-state index contributed by atoms with van der Waals surface area (Å²) in [4.78, 5) is 23.8. The quantitative estimate of drug-likeness (QED) is 0.944. The Labute approximate surface area is 133 Å². The highest BCUT2D eigenvalue weighted by atomic mass is 32.2. The molecule has 1 aromatic carbocycles. The number of nitrogens with one attached hydrogen (secondary N) is 1. The van der Waals surface area contributed by atoms with Gasteiger partial charge in [-0.25, -0.2) is 0 Å². The van der Waals surface area contributed by atoms with Gasteiger partial charge in [-0.1, -0.05) is 24.3 Å². The molecular formula is C17H18N2O2S. The van der Waals surface area contributed by atoms with Crippen LogP contribution >= 0.6 is 11.8 Å². The third kappa shape index (κ3) is 3.09. The van der Waals surface area contributed by atoms with Crippen molar-refractivity contribution in [3.8, 4) is 0 Å². The van der Waals surface area contributed by atoms with Gasteiger partial charge in [-0.3, -0.25) is 9.59 Å². The number of amides is 1. The molecular weight excluding hydrogens is 296 g/mol. The minimum absolute atomic E-state index is 0.176. The summed E-state index contributed by atoms with van der Waals surface area (Å²) < 4.78 is 1.45. The van der Waals surface area contributed by atoms with Crippen molar-refractivity contribution < 1.29 is 4.79 Å². The fourth-order valence-corrected chi connectivity index (χ4v) is 3.86. The smallest absolute Gasteiger partial charge is 0.251 e. The maximum atomic E-state index is 12.2. The lowest BCUT2D eigenvalue weighted by atomic mass is 10.0. The predicted octanol–water partition coefficient (Wildman–Crippen LogP) is 2.15. The third-order valence-corrected chi connectivity index (χ3v) is 5.17. The Hall–Kier alpha value is -2.01. The maximum Gasteiger partial charge on any atom is 0.251 e. The fourth-order valence-electron chi connectivity index (χ4n) is 2.62. The van der Waals surface area contributed by atoms with Crippen LogP contribution in [-0.4, -0.2) is 22.8 Å². The molecule has 3 rings (SSSR count). The first-order valence-corrected chi connectivity index (χ1v) is 8.34. The molecule has 0 unspecified atom stereocenters. The van der Waals surface area contributed by atoms with Gasteiger partial charge in [0.1, 0.15) is 0 Å². The Morgan fingerprint density at radius 2 is 2.18 bits per heavy atom. The summed E-state index contributed by atoms with van der Waals surface area (Å²) in [5.74, 6) is 0.880. The molecule has 0 saturated carbocycles. The Kier molecular flexibility index (Phi) is 4.34. The lowest BCUT2D eigenvalue weighted by molar-refractivity contribution is 0.0953. The van der Waals surface area contributed by atoms with E-state index in [9.17, 15) is 9.59 Å². The number of carbonyl (C=O) groups excluding carboxylic acids is 1. The van der Waals surface area contributed by atoms with Gasteiger partial charge in [-0.2, -0.15) is 11.8 Å². The number of benzene rings is 1. The van der Waals surface area contributed by atoms with Gasteiger partial charge in [0, 0.05) is 36.7 Å². The second-order valence-electron chi connectivity index (χ2n) is 5.38. The lowest BCUT2D eigenvalue weighted by Gasteiger charge is -2.25. The van der Waals surface area contributed by atoms with Crippen LogP contribution in [-0.2, 0) is 13.5 Å². The van der Waals surface area contributed by atoms with Crippen LogP contribution in [0, 0.1) is 0 Å². The molecule has 4 nitrogen and oxygen atoms in total. The van der Waals surface area contributed by atoms with Crippen molar-refractivity contribution in [2.24, 2.45) is 7.05 Å². The minimum Gasteiger partial charge on any atom is -0.351 e. The number of carbonyl (C=O) groups is 1. The number of thioether (sulfide) groups is 1. The van der Waals surface area contributed by atoms with Crippen LogP contribution in [0.25, 0.3) is 0 Å². The number of rotatable bonds is 3. The largest absolute Gasteiger partial charge is 0.351 e. The molecule has 0 bridgehead atoms. The molecule has 0 spiro atoms. The van der Waals surface area contributed by atoms with Crippen LogP contribution < -0.4 is 10.9 Å². The van der Waals surface area contributed by atoms with Gasteiger partial charge >= 0.3 is 0 Å². The van der Waals surface area contributed by atoms with Crippen molar-refractivity contribution in [2.45, 2.75) is 11.7 Å². The summed E-state index contributed by atoms with van der Waals surface area (Å²) >= 11 is 1.87. The predicted molar refractivity (Wildman–Crippen MR) is 89.4 cm³/mol. The first-order valence-electron chi connectivity index (χ1n) is 7.29. The number of hydrogen-bond acceptors (Lipinski definition) is 3. The normalized spacial score (nSPS) is 16.9. The molecule has 1 N–H and O–H groups in total. The van der Waals surface area contributed by atoms with Crippen LogP contribution in [0.1, 0.15) is 26.7 Å². The summed E-state index contributed by atoms with van der Waals surface area (Å²) in [6, 6.07) is 11.4. The SMILES string of the molecule is Cn1ccc(C(=O)NC[C@H]2SCCc3ccccc32)cc1=O.